The van der Waals surface area contributed by atoms with E-state index in [9.17, 15) is 14.7 Å². The van der Waals surface area contributed by atoms with Crippen molar-refractivity contribution >= 4 is 18.3 Å². The maximum absolute atomic E-state index is 13.2. The van der Waals surface area contributed by atoms with Gasteiger partial charge in [0, 0.05) is 30.6 Å². The molecule has 0 radical (unpaired) electrons. The van der Waals surface area contributed by atoms with E-state index < -0.39 is 0 Å². The lowest BCUT2D eigenvalue weighted by atomic mass is 9.67. The zero-order valence-electron chi connectivity index (χ0n) is 23.4. The van der Waals surface area contributed by atoms with Crippen LogP contribution in [-0.2, 0) is 16.2 Å². The Hall–Kier alpha value is -3.59. The molecule has 1 atom stereocenters. The van der Waals surface area contributed by atoms with Crippen LogP contribution in [0.3, 0.4) is 0 Å². The zero-order valence-corrected chi connectivity index (χ0v) is 23.4. The fourth-order valence-corrected chi connectivity index (χ4v) is 6.27. The number of aromatic hydroxyl groups is 1. The number of hydrogen-bond donors (Lipinski definition) is 3. The Morgan fingerprint density at radius 3 is 2.42 bits per heavy atom. The highest BCUT2D eigenvalue weighted by molar-refractivity contribution is 5.97. The number of benzene rings is 2. The molecule has 2 aromatic rings. The van der Waals surface area contributed by atoms with Crippen molar-refractivity contribution in [2.45, 2.75) is 77.1 Å². The third-order valence-corrected chi connectivity index (χ3v) is 8.44. The molecular formula is C31H41N3O6. The number of amides is 2. The molecule has 2 aromatic carbocycles. The van der Waals surface area contributed by atoms with E-state index in [1.165, 1.54) is 6.07 Å². The molecular weight excluding hydrogens is 510 g/mol. The molecule has 2 heterocycles. The average Bonchev–Trinajstić information content (AvgIpc) is 3.43. The minimum atomic E-state index is -0.250. The lowest BCUT2D eigenvalue weighted by Crippen LogP contribution is -2.61. The summed E-state index contributed by atoms with van der Waals surface area (Å²) in [6, 6.07) is 15.3. The molecule has 1 saturated carbocycles. The monoisotopic (exact) mass is 551 g/mol. The van der Waals surface area contributed by atoms with Crippen LogP contribution in [-0.4, -0.2) is 76.1 Å². The number of nitrogens with zero attached hydrogens (tertiary/aromatic N) is 2. The summed E-state index contributed by atoms with van der Waals surface area (Å²) in [5.74, 6) is 0.572. The number of likely N-dealkylation sites (tertiary alicyclic amines) is 2. The molecule has 2 saturated heterocycles. The third kappa shape index (κ3) is 6.94. The lowest BCUT2D eigenvalue weighted by molar-refractivity contribution is -0.127. The molecule has 216 valence electrons. The summed E-state index contributed by atoms with van der Waals surface area (Å²) in [6.45, 7) is 6.88. The van der Waals surface area contributed by atoms with Gasteiger partial charge in [0.05, 0.1) is 11.6 Å². The van der Waals surface area contributed by atoms with Gasteiger partial charge in [0.25, 0.3) is 12.4 Å². The van der Waals surface area contributed by atoms with Gasteiger partial charge in [-0.05, 0) is 82.7 Å². The van der Waals surface area contributed by atoms with Crippen LogP contribution in [0.25, 0.3) is 0 Å². The van der Waals surface area contributed by atoms with Crippen LogP contribution in [0.1, 0.15) is 68.3 Å². The first kappa shape index (κ1) is 29.4. The largest absolute Gasteiger partial charge is 0.507 e. The van der Waals surface area contributed by atoms with Crippen LogP contribution < -0.4 is 10.1 Å². The van der Waals surface area contributed by atoms with Crippen LogP contribution in [0.2, 0.25) is 0 Å². The maximum atomic E-state index is 13.2. The first-order valence-electron chi connectivity index (χ1n) is 14.2. The Morgan fingerprint density at radius 2 is 1.77 bits per heavy atom. The van der Waals surface area contributed by atoms with Gasteiger partial charge in [-0.2, -0.15) is 0 Å². The van der Waals surface area contributed by atoms with Crippen LogP contribution in [0.15, 0.2) is 48.5 Å². The number of phenolic OH excluding ortho intramolecular Hbond substituents is 1. The van der Waals surface area contributed by atoms with Gasteiger partial charge in [0.1, 0.15) is 18.1 Å². The molecule has 40 heavy (non-hydrogen) atoms. The summed E-state index contributed by atoms with van der Waals surface area (Å²) in [5.41, 5.74) is 1.46. The summed E-state index contributed by atoms with van der Waals surface area (Å²) in [4.78, 5) is 38.6. The fourth-order valence-electron chi connectivity index (χ4n) is 6.27. The van der Waals surface area contributed by atoms with Crippen molar-refractivity contribution in [3.63, 3.8) is 0 Å². The third-order valence-electron chi connectivity index (χ3n) is 8.44. The van der Waals surface area contributed by atoms with Crippen LogP contribution in [0.4, 0.5) is 0 Å². The zero-order chi connectivity index (χ0) is 28.7. The molecule has 0 unspecified atom stereocenters. The molecule has 3 fully saturated rings. The van der Waals surface area contributed by atoms with Crippen molar-refractivity contribution in [3.8, 4) is 11.5 Å². The van der Waals surface area contributed by atoms with Gasteiger partial charge < -0.3 is 25.2 Å². The normalized spacial score (nSPS) is 20.4. The molecule has 2 amide bonds. The predicted molar refractivity (Wildman–Crippen MR) is 151 cm³/mol. The lowest BCUT2D eigenvalue weighted by Gasteiger charge is -2.53. The fraction of sp³-hybridized carbons (Fsp3) is 0.516. The van der Waals surface area contributed by atoms with E-state index in [0.29, 0.717) is 31.5 Å². The summed E-state index contributed by atoms with van der Waals surface area (Å²) in [7, 11) is 0. The second-order valence-corrected chi connectivity index (χ2v) is 11.5. The molecule has 1 spiro atoms. The SMILES string of the molecule is CC(C)N1CCC[C@H]1C(=O)NC1CCC2(CC1)CN(C(=O)c1cc(OCc3ccccc3)ccc1O)C2.O=CO. The molecule has 1 aliphatic carbocycles. The number of rotatable bonds is 7. The molecule has 2 aliphatic heterocycles. The first-order valence-corrected chi connectivity index (χ1v) is 14.2. The second-order valence-electron chi connectivity index (χ2n) is 11.5. The van der Waals surface area contributed by atoms with E-state index in [2.05, 4.69) is 24.1 Å². The highest BCUT2D eigenvalue weighted by atomic mass is 16.5. The highest BCUT2D eigenvalue weighted by Crippen LogP contribution is 2.45. The molecule has 0 aromatic heterocycles. The van der Waals surface area contributed by atoms with Crippen molar-refractivity contribution < 1.29 is 29.3 Å². The van der Waals surface area contributed by atoms with Gasteiger partial charge in [-0.25, -0.2) is 0 Å². The Kier molecular flexibility index (Phi) is 9.68. The van der Waals surface area contributed by atoms with E-state index in [0.717, 1.165) is 50.6 Å². The van der Waals surface area contributed by atoms with E-state index in [1.807, 2.05) is 35.2 Å². The van der Waals surface area contributed by atoms with Crippen molar-refractivity contribution in [3.05, 3.63) is 59.7 Å². The molecule has 3 N–H and O–H groups in total. The Balaban J connectivity index is 0.00000118. The second kappa shape index (κ2) is 13.2. The van der Waals surface area contributed by atoms with Gasteiger partial charge in [0.2, 0.25) is 5.91 Å². The summed E-state index contributed by atoms with van der Waals surface area (Å²) in [5, 5.41) is 20.6. The molecule has 3 aliphatic rings. The topological polar surface area (TPSA) is 119 Å². The summed E-state index contributed by atoms with van der Waals surface area (Å²) >= 11 is 0. The van der Waals surface area contributed by atoms with E-state index in [1.54, 1.807) is 12.1 Å². The smallest absolute Gasteiger partial charge is 0.290 e. The molecule has 5 rings (SSSR count). The minimum Gasteiger partial charge on any atom is -0.507 e. The Bertz CT molecular complexity index is 1150. The van der Waals surface area contributed by atoms with E-state index >= 15 is 0 Å². The number of carbonyl (C=O) groups excluding carboxylic acids is 2. The number of ether oxygens (including phenoxy) is 1. The average molecular weight is 552 g/mol. The number of carbonyl (C=O) groups is 3. The predicted octanol–water partition coefficient (Wildman–Crippen LogP) is 4.05. The molecule has 0 bridgehead atoms. The maximum Gasteiger partial charge on any atom is 0.290 e. The Morgan fingerprint density at radius 1 is 1.10 bits per heavy atom. The van der Waals surface area contributed by atoms with Crippen LogP contribution >= 0.6 is 0 Å². The van der Waals surface area contributed by atoms with Crippen molar-refractivity contribution in [2.75, 3.05) is 19.6 Å². The van der Waals surface area contributed by atoms with Gasteiger partial charge in [-0.3, -0.25) is 19.3 Å². The number of nitrogens with one attached hydrogen (secondary N) is 1. The van der Waals surface area contributed by atoms with Crippen molar-refractivity contribution in [1.82, 2.24) is 15.1 Å². The van der Waals surface area contributed by atoms with Gasteiger partial charge in [-0.15, -0.1) is 0 Å². The highest BCUT2D eigenvalue weighted by Gasteiger charge is 2.47. The molecule has 9 nitrogen and oxygen atoms in total. The number of hydrogen-bond acceptors (Lipinski definition) is 6. The van der Waals surface area contributed by atoms with E-state index in [-0.39, 0.29) is 47.1 Å². The minimum absolute atomic E-state index is 0.00724. The quantitative estimate of drug-likeness (QED) is 0.444. The van der Waals surface area contributed by atoms with Crippen molar-refractivity contribution in [2.24, 2.45) is 5.41 Å². The van der Waals surface area contributed by atoms with Gasteiger partial charge in [-0.1, -0.05) is 30.3 Å². The summed E-state index contributed by atoms with van der Waals surface area (Å²) < 4.78 is 5.86. The first-order chi connectivity index (χ1) is 19.2. The number of phenols is 1. The Labute approximate surface area is 236 Å². The van der Waals surface area contributed by atoms with Crippen LogP contribution in [0, 0.1) is 5.41 Å². The van der Waals surface area contributed by atoms with E-state index in [4.69, 9.17) is 14.6 Å². The molecule has 9 heteroatoms. The standard InChI is InChI=1S/C30H39N3O4.CH2O2/c1-21(2)33-16-6-9-26(33)28(35)31-23-12-14-30(15-13-23)19-32(20-30)29(36)25-17-24(10-11-27(25)34)37-18-22-7-4-3-5-8-22;2-1-3/h3-5,7-8,10-11,17,21,23,26,34H,6,9,12-16,18-20H2,1-2H3,(H,31,35);1H,(H,2,3)/t26-;/m0./s1. The van der Waals surface area contributed by atoms with Crippen LogP contribution in [0.5, 0.6) is 11.5 Å². The van der Waals surface area contributed by atoms with Gasteiger partial charge in [0.15, 0.2) is 0 Å². The van der Waals surface area contributed by atoms with Crippen molar-refractivity contribution in [1.29, 1.82) is 0 Å². The van der Waals surface area contributed by atoms with Gasteiger partial charge >= 0.3 is 0 Å². The summed E-state index contributed by atoms with van der Waals surface area (Å²) in [6.07, 6.45) is 5.96. The number of carboxylic acid groups (broad SMARTS) is 1.